The summed E-state index contributed by atoms with van der Waals surface area (Å²) < 4.78 is 0. The molecule has 0 spiro atoms. The van der Waals surface area contributed by atoms with Crippen molar-refractivity contribution in [2.24, 2.45) is 0 Å². The van der Waals surface area contributed by atoms with E-state index in [1.54, 1.807) is 0 Å². The van der Waals surface area contributed by atoms with Gasteiger partial charge in [-0.25, -0.2) is 0 Å². The fourth-order valence-corrected chi connectivity index (χ4v) is 5.67. The van der Waals surface area contributed by atoms with E-state index >= 15 is 0 Å². The summed E-state index contributed by atoms with van der Waals surface area (Å²) in [6.07, 6.45) is 5.58. The summed E-state index contributed by atoms with van der Waals surface area (Å²) in [5.74, 6) is -0.900. The topological polar surface area (TPSA) is 87.3 Å². The van der Waals surface area contributed by atoms with E-state index in [-0.39, 0.29) is 18.2 Å². The maximum atomic E-state index is 12.4. The Hall–Kier alpha value is -2.32. The van der Waals surface area contributed by atoms with Gasteiger partial charge in [0.05, 0.1) is 15.8 Å². The van der Waals surface area contributed by atoms with Gasteiger partial charge in [0.15, 0.2) is 0 Å². The maximum Gasteiger partial charge on any atom is 0.279 e. The Morgan fingerprint density at radius 2 is 1.93 bits per heavy atom. The third-order valence-corrected chi connectivity index (χ3v) is 7.37. The summed E-state index contributed by atoms with van der Waals surface area (Å²) in [6, 6.07) is 9.43. The molecule has 3 N–H and O–H groups in total. The van der Waals surface area contributed by atoms with Crippen molar-refractivity contribution in [3.8, 4) is 0 Å². The van der Waals surface area contributed by atoms with Crippen LogP contribution in [-0.4, -0.2) is 23.0 Å². The lowest BCUT2D eigenvalue weighted by Gasteiger charge is -2.23. The summed E-state index contributed by atoms with van der Waals surface area (Å²) in [6.45, 7) is 0. The van der Waals surface area contributed by atoms with Crippen LogP contribution in [0.3, 0.4) is 0 Å². The van der Waals surface area contributed by atoms with Crippen molar-refractivity contribution in [3.63, 3.8) is 0 Å². The third kappa shape index (κ3) is 4.23. The van der Waals surface area contributed by atoms with Crippen molar-refractivity contribution >= 4 is 46.5 Å². The molecule has 1 aliphatic heterocycles. The van der Waals surface area contributed by atoms with Gasteiger partial charge in [-0.15, -0.1) is 23.1 Å². The van der Waals surface area contributed by atoms with Crippen LogP contribution in [0.4, 0.5) is 5.69 Å². The quantitative estimate of drug-likeness (QED) is 0.530. The molecule has 6 nitrogen and oxygen atoms in total. The van der Waals surface area contributed by atoms with Gasteiger partial charge in [-0.2, -0.15) is 0 Å². The fraction of sp³-hybridized carbons (Fsp3) is 0.350. The van der Waals surface area contributed by atoms with Crippen LogP contribution in [0.15, 0.2) is 35.2 Å². The molecule has 0 radical (unpaired) electrons. The molecule has 0 saturated carbocycles. The zero-order valence-corrected chi connectivity index (χ0v) is 16.9. The minimum absolute atomic E-state index is 0.00788. The number of carbonyl (C=O) groups is 3. The summed E-state index contributed by atoms with van der Waals surface area (Å²) in [4.78, 5) is 39.6. The molecule has 2 heterocycles. The lowest BCUT2D eigenvalue weighted by molar-refractivity contribution is -0.124. The number of benzene rings is 1. The van der Waals surface area contributed by atoms with Gasteiger partial charge in [-0.05, 0) is 49.4 Å². The molecule has 1 aromatic carbocycles. The highest BCUT2D eigenvalue weighted by Crippen LogP contribution is 2.36. The Labute approximate surface area is 171 Å². The van der Waals surface area contributed by atoms with Gasteiger partial charge in [0.25, 0.3) is 5.91 Å². The summed E-state index contributed by atoms with van der Waals surface area (Å²) >= 11 is 2.87. The summed E-state index contributed by atoms with van der Waals surface area (Å²) in [5, 5.41) is 2.29. The smallest absolute Gasteiger partial charge is 0.279 e. The molecular formula is C20H21N3O3S2. The number of nitrogens with one attached hydrogen (secondary N) is 3. The number of anilines is 1. The van der Waals surface area contributed by atoms with Crippen LogP contribution < -0.4 is 16.2 Å². The van der Waals surface area contributed by atoms with Gasteiger partial charge in [-0.3, -0.25) is 25.2 Å². The number of thiophene rings is 1. The molecule has 2 aliphatic rings. The Balaban J connectivity index is 1.31. The SMILES string of the molecule is O=C(CC1Sc2ccccc2NC1=O)NNC(=O)c1cc2c(s1)CCCCC2. The van der Waals surface area contributed by atoms with E-state index in [0.717, 1.165) is 36.3 Å². The van der Waals surface area contributed by atoms with E-state index in [4.69, 9.17) is 0 Å². The van der Waals surface area contributed by atoms with Gasteiger partial charge in [0, 0.05) is 16.2 Å². The number of thioether (sulfide) groups is 1. The van der Waals surface area contributed by atoms with Crippen LogP contribution in [0.1, 0.15) is 45.8 Å². The number of rotatable bonds is 3. The van der Waals surface area contributed by atoms with Crippen LogP contribution in [-0.2, 0) is 22.4 Å². The monoisotopic (exact) mass is 415 g/mol. The molecule has 28 heavy (non-hydrogen) atoms. The number of hydrazine groups is 1. The van der Waals surface area contributed by atoms with E-state index < -0.39 is 11.2 Å². The number of aryl methyl sites for hydroxylation is 2. The molecule has 0 fully saturated rings. The molecule has 2 aromatic rings. The van der Waals surface area contributed by atoms with Crippen molar-refractivity contribution in [3.05, 3.63) is 45.6 Å². The number of hydrogen-bond donors (Lipinski definition) is 3. The Kier molecular flexibility index (Phi) is 5.68. The second-order valence-corrected chi connectivity index (χ2v) is 9.30. The molecule has 0 bridgehead atoms. The van der Waals surface area contributed by atoms with Gasteiger partial charge >= 0.3 is 0 Å². The first kappa shape index (κ1) is 19.0. The van der Waals surface area contributed by atoms with Crippen molar-refractivity contribution in [1.82, 2.24) is 10.9 Å². The number of para-hydroxylation sites is 1. The summed E-state index contributed by atoms with van der Waals surface area (Å²) in [7, 11) is 0. The predicted molar refractivity (Wildman–Crippen MR) is 111 cm³/mol. The lowest BCUT2D eigenvalue weighted by Crippen LogP contribution is -2.43. The average Bonchev–Trinajstić information content (AvgIpc) is 2.97. The van der Waals surface area contributed by atoms with E-state index in [9.17, 15) is 14.4 Å². The molecule has 146 valence electrons. The largest absolute Gasteiger partial charge is 0.324 e. The zero-order chi connectivity index (χ0) is 19.5. The Morgan fingerprint density at radius 1 is 1.11 bits per heavy atom. The van der Waals surface area contributed by atoms with Gasteiger partial charge in [-0.1, -0.05) is 18.6 Å². The van der Waals surface area contributed by atoms with Crippen LogP contribution in [0.25, 0.3) is 0 Å². The molecule has 1 unspecified atom stereocenters. The minimum Gasteiger partial charge on any atom is -0.324 e. The molecule has 8 heteroatoms. The van der Waals surface area contributed by atoms with Crippen LogP contribution in [0.2, 0.25) is 0 Å². The molecule has 1 aliphatic carbocycles. The lowest BCUT2D eigenvalue weighted by atomic mass is 10.1. The van der Waals surface area contributed by atoms with Crippen molar-refractivity contribution in [2.75, 3.05) is 5.32 Å². The predicted octanol–water partition coefficient (Wildman–Crippen LogP) is 3.28. The van der Waals surface area contributed by atoms with Gasteiger partial charge in [0.1, 0.15) is 0 Å². The van der Waals surface area contributed by atoms with Crippen LogP contribution in [0, 0.1) is 0 Å². The normalized spacial score (nSPS) is 18.3. The maximum absolute atomic E-state index is 12.4. The van der Waals surface area contributed by atoms with Gasteiger partial charge < -0.3 is 5.32 Å². The Morgan fingerprint density at radius 3 is 2.82 bits per heavy atom. The standard InChI is InChI=1S/C20H21N3O3S2/c24-18(11-17-19(25)21-13-7-4-5-9-15(13)28-17)22-23-20(26)16-10-12-6-2-1-3-8-14(12)27-16/h4-5,7,9-10,17H,1-3,6,8,11H2,(H,21,25)(H,22,24)(H,23,26). The molecule has 3 amide bonds. The number of amides is 3. The molecule has 1 aromatic heterocycles. The first-order valence-electron chi connectivity index (χ1n) is 9.37. The number of fused-ring (bicyclic) bond motifs is 2. The average molecular weight is 416 g/mol. The Bertz CT molecular complexity index is 902. The molecular weight excluding hydrogens is 394 g/mol. The van der Waals surface area contributed by atoms with E-state index in [1.165, 1.54) is 40.0 Å². The van der Waals surface area contributed by atoms with Crippen LogP contribution in [0.5, 0.6) is 0 Å². The number of hydrogen-bond acceptors (Lipinski definition) is 5. The summed E-state index contributed by atoms with van der Waals surface area (Å²) in [5.41, 5.74) is 6.94. The zero-order valence-electron chi connectivity index (χ0n) is 15.2. The van der Waals surface area contributed by atoms with Crippen LogP contribution >= 0.6 is 23.1 Å². The third-order valence-electron chi connectivity index (χ3n) is 4.86. The van der Waals surface area contributed by atoms with Crippen molar-refractivity contribution < 1.29 is 14.4 Å². The van der Waals surface area contributed by atoms with Gasteiger partial charge in [0.2, 0.25) is 11.8 Å². The second-order valence-electron chi connectivity index (χ2n) is 6.92. The van der Waals surface area contributed by atoms with Crippen molar-refractivity contribution in [2.45, 2.75) is 48.7 Å². The van der Waals surface area contributed by atoms with E-state index in [1.807, 2.05) is 30.3 Å². The fourth-order valence-electron chi connectivity index (χ4n) is 3.41. The highest BCUT2D eigenvalue weighted by atomic mass is 32.2. The second kappa shape index (κ2) is 8.36. The minimum atomic E-state index is -0.524. The van der Waals surface area contributed by atoms with E-state index in [2.05, 4.69) is 16.2 Å². The van der Waals surface area contributed by atoms with Crippen molar-refractivity contribution in [1.29, 1.82) is 0 Å². The highest BCUT2D eigenvalue weighted by molar-refractivity contribution is 8.01. The first-order chi connectivity index (χ1) is 13.6. The number of carbonyl (C=O) groups excluding carboxylic acids is 3. The molecule has 4 rings (SSSR count). The highest BCUT2D eigenvalue weighted by Gasteiger charge is 2.29. The first-order valence-corrected chi connectivity index (χ1v) is 11.1. The molecule has 1 atom stereocenters. The van der Waals surface area contributed by atoms with E-state index in [0.29, 0.717) is 4.88 Å². The molecule has 0 saturated heterocycles.